The molecule has 2 aromatic rings. The quantitative estimate of drug-likeness (QED) is 0.827. The summed E-state index contributed by atoms with van der Waals surface area (Å²) < 4.78 is 6.52. The molecule has 0 saturated carbocycles. The Balaban J connectivity index is 1.88. The first-order valence-electron chi connectivity index (χ1n) is 5.77. The lowest BCUT2D eigenvalue weighted by molar-refractivity contribution is 0.473. The number of aromatic hydroxyl groups is 1. The molecule has 0 unspecified atom stereocenters. The van der Waals surface area contributed by atoms with E-state index in [1.54, 1.807) is 23.9 Å². The maximum absolute atomic E-state index is 9.79. The second-order valence-corrected chi connectivity index (χ2v) is 5.88. The van der Waals surface area contributed by atoms with Gasteiger partial charge in [0.15, 0.2) is 0 Å². The normalized spacial score (nSPS) is 16.8. The fraction of sp³-hybridized carbons (Fsp3) is 0.0714. The van der Waals surface area contributed by atoms with E-state index < -0.39 is 0 Å². The molecule has 5 heteroatoms. The van der Waals surface area contributed by atoms with E-state index in [1.165, 1.54) is 0 Å². The minimum absolute atomic E-state index is 0.217. The zero-order valence-corrected chi connectivity index (χ0v) is 11.6. The SMILES string of the molecule is Oc1ccccc1-c1ccc(/C=C2\CNC(=S)S2)o1. The predicted octanol–water partition coefficient (Wildman–Crippen LogP) is 3.61. The fourth-order valence-electron chi connectivity index (χ4n) is 1.85. The van der Waals surface area contributed by atoms with Crippen LogP contribution < -0.4 is 5.32 Å². The van der Waals surface area contributed by atoms with Crippen LogP contribution >= 0.6 is 24.0 Å². The van der Waals surface area contributed by atoms with Crippen molar-refractivity contribution in [2.75, 3.05) is 6.54 Å². The largest absolute Gasteiger partial charge is 0.507 e. The maximum Gasteiger partial charge on any atom is 0.138 e. The van der Waals surface area contributed by atoms with Crippen molar-refractivity contribution in [2.24, 2.45) is 0 Å². The molecular formula is C14H11NO2S2. The summed E-state index contributed by atoms with van der Waals surface area (Å²) in [6, 6.07) is 10.9. The molecule has 3 nitrogen and oxygen atoms in total. The van der Waals surface area contributed by atoms with Crippen LogP contribution in [0.15, 0.2) is 45.7 Å². The van der Waals surface area contributed by atoms with E-state index in [-0.39, 0.29) is 5.75 Å². The number of hydrogen-bond acceptors (Lipinski definition) is 4. The van der Waals surface area contributed by atoms with Gasteiger partial charge in [-0.15, -0.1) is 0 Å². The second-order valence-electron chi connectivity index (χ2n) is 4.07. The topological polar surface area (TPSA) is 45.4 Å². The molecule has 1 saturated heterocycles. The van der Waals surface area contributed by atoms with E-state index in [2.05, 4.69) is 5.32 Å². The molecule has 1 aromatic carbocycles. The lowest BCUT2D eigenvalue weighted by Crippen LogP contribution is -2.09. The van der Waals surface area contributed by atoms with Crippen molar-refractivity contribution >= 4 is 34.4 Å². The number of rotatable bonds is 2. The predicted molar refractivity (Wildman–Crippen MR) is 82.0 cm³/mol. The van der Waals surface area contributed by atoms with Crippen LogP contribution in [0.1, 0.15) is 5.76 Å². The first kappa shape index (κ1) is 12.3. The van der Waals surface area contributed by atoms with Gasteiger partial charge in [0.05, 0.1) is 5.56 Å². The fourth-order valence-corrected chi connectivity index (χ4v) is 2.94. The summed E-state index contributed by atoms with van der Waals surface area (Å²) in [5.41, 5.74) is 0.694. The van der Waals surface area contributed by atoms with Crippen molar-refractivity contribution in [3.05, 3.63) is 47.1 Å². The minimum Gasteiger partial charge on any atom is -0.507 e. The molecule has 2 N–H and O–H groups in total. The molecule has 2 heterocycles. The van der Waals surface area contributed by atoms with Crippen molar-refractivity contribution < 1.29 is 9.52 Å². The second kappa shape index (κ2) is 5.11. The van der Waals surface area contributed by atoms with Gasteiger partial charge in [-0.3, -0.25) is 0 Å². The Morgan fingerprint density at radius 1 is 1.26 bits per heavy atom. The molecule has 1 aromatic heterocycles. The van der Waals surface area contributed by atoms with Gasteiger partial charge in [0, 0.05) is 11.4 Å². The highest BCUT2D eigenvalue weighted by Crippen LogP contribution is 2.31. The summed E-state index contributed by atoms with van der Waals surface area (Å²) in [5.74, 6) is 1.63. The lowest BCUT2D eigenvalue weighted by atomic mass is 10.1. The molecule has 0 radical (unpaired) electrons. The van der Waals surface area contributed by atoms with Gasteiger partial charge >= 0.3 is 0 Å². The van der Waals surface area contributed by atoms with E-state index in [1.807, 2.05) is 30.3 Å². The molecule has 0 aliphatic carbocycles. The molecule has 0 bridgehead atoms. The number of thioether (sulfide) groups is 1. The van der Waals surface area contributed by atoms with E-state index in [0.29, 0.717) is 11.3 Å². The van der Waals surface area contributed by atoms with Crippen molar-refractivity contribution in [3.8, 4) is 17.1 Å². The van der Waals surface area contributed by atoms with Crippen LogP contribution in [0.2, 0.25) is 0 Å². The van der Waals surface area contributed by atoms with Gasteiger partial charge in [-0.25, -0.2) is 0 Å². The number of phenolic OH excluding ortho intramolecular Hbond substituents is 1. The summed E-state index contributed by atoms with van der Waals surface area (Å²) in [5, 5.41) is 12.9. The standard InChI is InChI=1S/C14H11NO2S2/c16-12-4-2-1-3-11(12)13-6-5-9(17-13)7-10-8-15-14(18)19-10/h1-7,16H,8H2,(H,15,18)/b10-7+. The number of phenols is 1. The zero-order valence-electron chi connectivity index (χ0n) is 9.92. The highest BCUT2D eigenvalue weighted by molar-refractivity contribution is 8.26. The molecular weight excluding hydrogens is 278 g/mol. The Labute approximate surface area is 120 Å². The van der Waals surface area contributed by atoms with Crippen LogP contribution in [0.25, 0.3) is 17.4 Å². The van der Waals surface area contributed by atoms with Crippen molar-refractivity contribution in [1.82, 2.24) is 5.32 Å². The van der Waals surface area contributed by atoms with Gasteiger partial charge in [0.25, 0.3) is 0 Å². The van der Waals surface area contributed by atoms with Gasteiger partial charge in [0.1, 0.15) is 21.6 Å². The summed E-state index contributed by atoms with van der Waals surface area (Å²) in [6.07, 6.45) is 1.96. The first-order valence-corrected chi connectivity index (χ1v) is 6.99. The van der Waals surface area contributed by atoms with Crippen LogP contribution in [0.5, 0.6) is 5.75 Å². The van der Waals surface area contributed by atoms with E-state index >= 15 is 0 Å². The molecule has 0 atom stereocenters. The number of nitrogens with one attached hydrogen (secondary N) is 1. The van der Waals surface area contributed by atoms with Crippen molar-refractivity contribution in [1.29, 1.82) is 0 Å². The number of hydrogen-bond donors (Lipinski definition) is 2. The summed E-state index contributed by atoms with van der Waals surface area (Å²) in [6.45, 7) is 0.746. The molecule has 19 heavy (non-hydrogen) atoms. The first-order chi connectivity index (χ1) is 9.22. The van der Waals surface area contributed by atoms with Crippen LogP contribution in [0.3, 0.4) is 0 Å². The number of thiocarbonyl (C=S) groups is 1. The van der Waals surface area contributed by atoms with Crippen molar-refractivity contribution in [3.63, 3.8) is 0 Å². The molecule has 3 rings (SSSR count). The van der Waals surface area contributed by atoms with Crippen LogP contribution in [0.4, 0.5) is 0 Å². The van der Waals surface area contributed by atoms with Gasteiger partial charge in [-0.2, -0.15) is 0 Å². The minimum atomic E-state index is 0.217. The summed E-state index contributed by atoms with van der Waals surface area (Å²) in [7, 11) is 0. The highest BCUT2D eigenvalue weighted by atomic mass is 32.2. The third-order valence-electron chi connectivity index (χ3n) is 2.73. The highest BCUT2D eigenvalue weighted by Gasteiger charge is 2.13. The average molecular weight is 289 g/mol. The molecule has 96 valence electrons. The smallest absolute Gasteiger partial charge is 0.138 e. The molecule has 0 amide bonds. The third-order valence-corrected chi connectivity index (χ3v) is 3.98. The van der Waals surface area contributed by atoms with Crippen LogP contribution in [-0.2, 0) is 0 Å². The van der Waals surface area contributed by atoms with Gasteiger partial charge in [-0.1, -0.05) is 36.1 Å². The Kier molecular flexibility index (Phi) is 3.31. The Bertz CT molecular complexity index is 661. The maximum atomic E-state index is 9.79. The third kappa shape index (κ3) is 2.67. The number of benzene rings is 1. The molecule has 1 fully saturated rings. The monoisotopic (exact) mass is 289 g/mol. The Hall–Kier alpha value is -1.72. The zero-order chi connectivity index (χ0) is 13.2. The lowest BCUT2D eigenvalue weighted by Gasteiger charge is -1.99. The molecule has 1 aliphatic heterocycles. The molecule has 1 aliphatic rings. The van der Waals surface area contributed by atoms with E-state index in [4.69, 9.17) is 16.6 Å². The van der Waals surface area contributed by atoms with Crippen molar-refractivity contribution in [2.45, 2.75) is 0 Å². The average Bonchev–Trinajstić information content (AvgIpc) is 3.00. The number of para-hydroxylation sites is 1. The van der Waals surface area contributed by atoms with Gasteiger partial charge < -0.3 is 14.8 Å². The Morgan fingerprint density at radius 3 is 2.84 bits per heavy atom. The summed E-state index contributed by atoms with van der Waals surface area (Å²) >= 11 is 6.60. The molecule has 0 spiro atoms. The number of furan rings is 1. The van der Waals surface area contributed by atoms with Gasteiger partial charge in [-0.05, 0) is 30.3 Å². The van der Waals surface area contributed by atoms with Crippen LogP contribution in [-0.4, -0.2) is 16.0 Å². The van der Waals surface area contributed by atoms with Crippen LogP contribution in [0, 0.1) is 0 Å². The van der Waals surface area contributed by atoms with E-state index in [0.717, 1.165) is 21.5 Å². The van der Waals surface area contributed by atoms with Gasteiger partial charge in [0.2, 0.25) is 0 Å². The van der Waals surface area contributed by atoms with E-state index in [9.17, 15) is 5.11 Å². The summed E-state index contributed by atoms with van der Waals surface area (Å²) in [4.78, 5) is 1.13. The Morgan fingerprint density at radius 2 is 2.11 bits per heavy atom.